The van der Waals surface area contributed by atoms with Gasteiger partial charge in [-0.3, -0.25) is 0 Å². The number of hydrogen-bond acceptors (Lipinski definition) is 7. The Kier molecular flexibility index (Phi) is 9.59. The van der Waals surface area contributed by atoms with Gasteiger partial charge >= 0.3 is 0 Å². The lowest BCUT2D eigenvalue weighted by molar-refractivity contribution is 0.313. The molecule has 3 aromatic rings. The van der Waals surface area contributed by atoms with Crippen molar-refractivity contribution in [3.05, 3.63) is 65.6 Å². The predicted octanol–water partition coefficient (Wildman–Crippen LogP) is 6.05. The first kappa shape index (κ1) is 26.9. The van der Waals surface area contributed by atoms with Crippen molar-refractivity contribution in [2.24, 2.45) is 0 Å². The summed E-state index contributed by atoms with van der Waals surface area (Å²) in [5.74, 6) is -0.206. The molecule has 6 nitrogen and oxygen atoms in total. The van der Waals surface area contributed by atoms with Gasteiger partial charge in [-0.05, 0) is 62.5 Å². The van der Waals surface area contributed by atoms with Crippen molar-refractivity contribution in [2.75, 3.05) is 51.2 Å². The fourth-order valence-electron chi connectivity index (χ4n) is 4.43. The molecule has 2 saturated heterocycles. The lowest BCUT2D eigenvalue weighted by Crippen LogP contribution is -2.44. The van der Waals surface area contributed by atoms with Crippen molar-refractivity contribution >= 4 is 34.5 Å². The molecular weight excluding hydrogens is 491 g/mol. The number of likely N-dealkylation sites (N-methyl/N-ethyl adjacent to an activating group) is 1. The largest absolute Gasteiger partial charge is 0.345 e. The predicted molar refractivity (Wildman–Crippen MR) is 150 cm³/mol. The van der Waals surface area contributed by atoms with Gasteiger partial charge < -0.3 is 14.4 Å². The van der Waals surface area contributed by atoms with Gasteiger partial charge in [-0.1, -0.05) is 42.9 Å². The number of rotatable bonds is 6. The molecule has 0 N–H and O–H groups in total. The average Bonchev–Trinajstić information content (AvgIpc) is 3.57. The molecule has 2 aromatic heterocycles. The molecule has 0 aliphatic carbocycles. The van der Waals surface area contributed by atoms with Crippen molar-refractivity contribution in [3.63, 3.8) is 0 Å². The summed E-state index contributed by atoms with van der Waals surface area (Å²) in [6, 6.07) is 6.84. The Morgan fingerprint density at radius 1 is 1.00 bits per heavy atom. The summed E-state index contributed by atoms with van der Waals surface area (Å²) < 4.78 is 19.2. The van der Waals surface area contributed by atoms with Crippen molar-refractivity contribution in [3.8, 4) is 0 Å². The van der Waals surface area contributed by atoms with Gasteiger partial charge in [0.15, 0.2) is 5.13 Å². The Hall–Kier alpha value is -2.20. The van der Waals surface area contributed by atoms with Crippen LogP contribution < -0.4 is 4.90 Å². The Morgan fingerprint density at radius 3 is 2.39 bits per heavy atom. The maximum atomic E-state index is 13.3. The molecule has 0 spiro atoms. The first-order valence-corrected chi connectivity index (χ1v) is 14.4. The van der Waals surface area contributed by atoms with Crippen LogP contribution in [0.2, 0.25) is 0 Å². The molecule has 2 fully saturated rings. The molecular formula is C27H37FN6S2. The van der Waals surface area contributed by atoms with E-state index in [0.29, 0.717) is 0 Å². The minimum Gasteiger partial charge on any atom is -0.345 e. The lowest BCUT2D eigenvalue weighted by Gasteiger charge is -2.32. The highest BCUT2D eigenvalue weighted by Crippen LogP contribution is 2.35. The Bertz CT molecular complexity index is 1110. The summed E-state index contributed by atoms with van der Waals surface area (Å²) in [5, 5.41) is 1.15. The number of anilines is 1. The molecule has 1 atom stereocenters. The third-order valence-electron chi connectivity index (χ3n) is 6.65. The number of aromatic nitrogens is 3. The van der Waals surface area contributed by atoms with Gasteiger partial charge in [-0.15, -0.1) is 0 Å². The highest BCUT2D eigenvalue weighted by Gasteiger charge is 2.20. The van der Waals surface area contributed by atoms with Crippen molar-refractivity contribution in [2.45, 2.75) is 43.9 Å². The average molecular weight is 529 g/mol. The number of piperazine rings is 1. The van der Waals surface area contributed by atoms with Crippen LogP contribution in [0.5, 0.6) is 0 Å². The monoisotopic (exact) mass is 528 g/mol. The third-order valence-corrected chi connectivity index (χ3v) is 8.88. The molecule has 1 unspecified atom stereocenters. The van der Waals surface area contributed by atoms with Gasteiger partial charge in [-0.2, -0.15) is 0 Å². The van der Waals surface area contributed by atoms with Gasteiger partial charge in [0.1, 0.15) is 5.82 Å². The Morgan fingerprint density at radius 2 is 1.69 bits per heavy atom. The van der Waals surface area contributed by atoms with Crippen LogP contribution in [0.1, 0.15) is 50.9 Å². The van der Waals surface area contributed by atoms with E-state index in [0.717, 1.165) is 68.5 Å². The minimum absolute atomic E-state index is 0.103. The second-order valence-electron chi connectivity index (χ2n) is 9.03. The van der Waals surface area contributed by atoms with E-state index in [4.69, 9.17) is 0 Å². The highest BCUT2D eigenvalue weighted by molar-refractivity contribution is 7.99. The zero-order valence-electron chi connectivity index (χ0n) is 21.7. The quantitative estimate of drug-likeness (QED) is 0.363. The number of halogens is 1. The summed E-state index contributed by atoms with van der Waals surface area (Å²) >= 11 is 3.65. The standard InChI is InChI=1S/C25H31FN6S2.C2H6/c1-19(21-3-5-22(26)6-4-21)32-18-27-16-23(32)15-20-7-9-31(10-8-20)34-24-17-28-25(33-24)30-13-11-29(2)12-14-30;1-2/h3-6,15-19H,7-14H2,1-2H3;1-2H3. The normalized spacial score (nSPS) is 18.0. The number of nitrogens with zero attached hydrogens (tertiary/aromatic N) is 6. The Balaban J connectivity index is 0.00000148. The smallest absolute Gasteiger partial charge is 0.186 e. The number of benzene rings is 1. The van der Waals surface area contributed by atoms with Crippen LogP contribution in [-0.2, 0) is 0 Å². The van der Waals surface area contributed by atoms with Crippen molar-refractivity contribution < 1.29 is 4.39 Å². The molecule has 9 heteroatoms. The van der Waals surface area contributed by atoms with Crippen LogP contribution >= 0.6 is 23.3 Å². The first-order chi connectivity index (χ1) is 17.5. The highest BCUT2D eigenvalue weighted by atomic mass is 32.2. The number of piperidine rings is 1. The van der Waals surface area contributed by atoms with Crippen LogP contribution in [0.15, 0.2) is 52.8 Å². The molecule has 0 bridgehead atoms. The van der Waals surface area contributed by atoms with E-state index < -0.39 is 0 Å². The zero-order valence-corrected chi connectivity index (χ0v) is 23.4. The second kappa shape index (κ2) is 12.9. The second-order valence-corrected chi connectivity index (χ2v) is 11.4. The van der Waals surface area contributed by atoms with E-state index in [1.54, 1.807) is 0 Å². The zero-order chi connectivity index (χ0) is 25.5. The fraction of sp³-hybridized carbons (Fsp3) is 0.481. The van der Waals surface area contributed by atoms with E-state index in [9.17, 15) is 4.39 Å². The summed E-state index contributed by atoms with van der Waals surface area (Å²) in [6.07, 6.45) is 10.2. The minimum atomic E-state index is -0.206. The molecule has 36 heavy (non-hydrogen) atoms. The molecule has 0 radical (unpaired) electrons. The summed E-state index contributed by atoms with van der Waals surface area (Å²) in [6.45, 7) is 12.5. The van der Waals surface area contributed by atoms with E-state index in [1.165, 1.54) is 21.9 Å². The molecule has 4 heterocycles. The van der Waals surface area contributed by atoms with E-state index in [1.807, 2.05) is 68.0 Å². The van der Waals surface area contributed by atoms with Crippen molar-refractivity contribution in [1.82, 2.24) is 23.7 Å². The van der Waals surface area contributed by atoms with Gasteiger partial charge in [0.2, 0.25) is 0 Å². The van der Waals surface area contributed by atoms with Crippen LogP contribution in [0.3, 0.4) is 0 Å². The third kappa shape index (κ3) is 6.76. The van der Waals surface area contributed by atoms with E-state index in [-0.39, 0.29) is 11.9 Å². The van der Waals surface area contributed by atoms with Crippen LogP contribution in [0.4, 0.5) is 9.52 Å². The topological polar surface area (TPSA) is 40.4 Å². The lowest BCUT2D eigenvalue weighted by atomic mass is 10.0. The summed E-state index contributed by atoms with van der Waals surface area (Å²) in [5.41, 5.74) is 3.63. The maximum Gasteiger partial charge on any atom is 0.186 e. The number of thiazole rings is 1. The van der Waals surface area contributed by atoms with Crippen LogP contribution in [0, 0.1) is 5.82 Å². The SMILES string of the molecule is CC.CC(c1ccc(F)cc1)n1cncc1C=C1CCN(Sc2cnc(N3CCN(C)CC3)s2)CC1. The van der Waals surface area contributed by atoms with Gasteiger partial charge in [0.25, 0.3) is 0 Å². The fourth-order valence-corrected chi connectivity index (χ4v) is 6.55. The molecule has 194 valence electrons. The molecule has 5 rings (SSSR count). The van der Waals surface area contributed by atoms with Crippen LogP contribution in [0.25, 0.3) is 6.08 Å². The molecule has 0 saturated carbocycles. The Labute approximate surface area is 223 Å². The van der Waals surface area contributed by atoms with Gasteiger partial charge in [0, 0.05) is 39.3 Å². The molecule has 1 aromatic carbocycles. The molecule has 0 amide bonds. The molecule has 2 aliphatic rings. The first-order valence-electron chi connectivity index (χ1n) is 12.8. The summed E-state index contributed by atoms with van der Waals surface area (Å²) in [4.78, 5) is 13.8. The van der Waals surface area contributed by atoms with Crippen molar-refractivity contribution in [1.29, 1.82) is 0 Å². The number of imidazole rings is 1. The maximum absolute atomic E-state index is 13.3. The van der Waals surface area contributed by atoms with Gasteiger partial charge in [0.05, 0.1) is 34.7 Å². The summed E-state index contributed by atoms with van der Waals surface area (Å²) in [7, 11) is 2.18. The van der Waals surface area contributed by atoms with Crippen LogP contribution in [-0.4, -0.2) is 70.1 Å². The van der Waals surface area contributed by atoms with Gasteiger partial charge in [-0.25, -0.2) is 18.7 Å². The molecule has 2 aliphatic heterocycles. The number of hydrogen-bond donors (Lipinski definition) is 0. The van der Waals surface area contributed by atoms with E-state index in [2.05, 4.69) is 48.7 Å². The van der Waals surface area contributed by atoms with E-state index >= 15 is 0 Å².